The average molecular weight is 472 g/mol. The fourth-order valence-corrected chi connectivity index (χ4v) is 4.98. The molecule has 8 nitrogen and oxygen atoms in total. The first-order valence-electron chi connectivity index (χ1n) is 11.5. The maximum Gasteiger partial charge on any atom is 0.412 e. The van der Waals surface area contributed by atoms with Crippen LogP contribution in [0, 0.1) is 11.8 Å². The molecule has 0 bridgehead atoms. The topological polar surface area (TPSA) is 109 Å². The summed E-state index contributed by atoms with van der Waals surface area (Å²) in [5, 5.41) is 11.9. The Morgan fingerprint density at radius 1 is 0.971 bits per heavy atom. The molecule has 5 rings (SSSR count). The smallest absolute Gasteiger partial charge is 0.412 e. The summed E-state index contributed by atoms with van der Waals surface area (Å²) in [6.45, 7) is 2.47. The number of nitrogens with one attached hydrogen (secondary N) is 1. The van der Waals surface area contributed by atoms with Gasteiger partial charge in [0, 0.05) is 19.0 Å². The first-order chi connectivity index (χ1) is 16.9. The number of carboxylic acid groups (broad SMARTS) is 1. The molecule has 3 aromatic rings. The number of likely N-dealkylation sites (tertiary alicyclic amines) is 1. The van der Waals surface area contributed by atoms with Gasteiger partial charge in [0.05, 0.1) is 5.92 Å². The van der Waals surface area contributed by atoms with Gasteiger partial charge in [-0.1, -0.05) is 61.5 Å². The van der Waals surface area contributed by atoms with Crippen molar-refractivity contribution < 1.29 is 24.2 Å². The molecule has 1 aromatic heterocycles. The number of benzene rings is 2. The lowest BCUT2D eigenvalue weighted by Gasteiger charge is -2.16. The number of carboxylic acids is 1. The zero-order valence-electron chi connectivity index (χ0n) is 19.2. The van der Waals surface area contributed by atoms with E-state index in [9.17, 15) is 19.5 Å². The van der Waals surface area contributed by atoms with Crippen LogP contribution in [0.5, 0.6) is 0 Å². The van der Waals surface area contributed by atoms with Crippen molar-refractivity contribution in [2.75, 3.05) is 25.0 Å². The highest BCUT2D eigenvalue weighted by Gasteiger charge is 2.37. The van der Waals surface area contributed by atoms with E-state index in [2.05, 4.69) is 22.4 Å². The number of aliphatic carboxylic acids is 1. The maximum absolute atomic E-state index is 12.9. The quantitative estimate of drug-likeness (QED) is 0.576. The number of fused-ring (bicyclic) bond motifs is 3. The minimum atomic E-state index is -0.911. The molecular weight excluding hydrogens is 446 g/mol. The maximum atomic E-state index is 12.9. The fraction of sp³-hybridized carbons (Fsp3) is 0.259. The highest BCUT2D eigenvalue weighted by atomic mass is 16.5. The SMILES string of the molecule is CC1CN(C(=O)c2cccc(NC(=O)OCC3c4ccccc4-c4ccccc43)n2)CC1C(=O)O. The number of carbonyl (C=O) groups is 3. The third-order valence-corrected chi connectivity index (χ3v) is 6.76. The van der Waals surface area contributed by atoms with Gasteiger partial charge in [-0.15, -0.1) is 0 Å². The van der Waals surface area contributed by atoms with Crippen LogP contribution in [0.1, 0.15) is 34.5 Å². The molecule has 1 fully saturated rings. The van der Waals surface area contributed by atoms with Gasteiger partial charge < -0.3 is 14.7 Å². The van der Waals surface area contributed by atoms with E-state index in [-0.39, 0.29) is 42.4 Å². The number of rotatable bonds is 5. The number of nitrogens with zero attached hydrogens (tertiary/aromatic N) is 2. The van der Waals surface area contributed by atoms with Gasteiger partial charge in [-0.2, -0.15) is 0 Å². The Hall–Kier alpha value is -4.20. The first-order valence-corrected chi connectivity index (χ1v) is 11.5. The van der Waals surface area contributed by atoms with Crippen molar-refractivity contribution in [1.29, 1.82) is 0 Å². The minimum absolute atomic E-state index is 0.0617. The Bertz CT molecular complexity index is 1260. The molecule has 2 N–H and O–H groups in total. The number of aromatic nitrogens is 1. The Morgan fingerprint density at radius 3 is 2.26 bits per heavy atom. The molecule has 1 aliphatic carbocycles. The molecule has 0 spiro atoms. The molecule has 2 aliphatic rings. The molecular formula is C27H25N3O5. The third-order valence-electron chi connectivity index (χ3n) is 6.76. The summed E-state index contributed by atoms with van der Waals surface area (Å²) in [5.41, 5.74) is 4.66. The molecule has 2 aromatic carbocycles. The zero-order chi connectivity index (χ0) is 24.5. The van der Waals surface area contributed by atoms with Crippen molar-refractivity contribution in [2.24, 2.45) is 11.8 Å². The van der Waals surface area contributed by atoms with E-state index in [4.69, 9.17) is 4.74 Å². The van der Waals surface area contributed by atoms with Gasteiger partial charge >= 0.3 is 12.1 Å². The summed E-state index contributed by atoms with van der Waals surface area (Å²) < 4.78 is 5.55. The van der Waals surface area contributed by atoms with E-state index in [1.54, 1.807) is 18.2 Å². The van der Waals surface area contributed by atoms with Crippen molar-refractivity contribution in [3.63, 3.8) is 0 Å². The van der Waals surface area contributed by atoms with Gasteiger partial charge in [0.25, 0.3) is 5.91 Å². The molecule has 1 saturated heterocycles. The normalized spacial score (nSPS) is 18.6. The zero-order valence-corrected chi connectivity index (χ0v) is 19.2. The summed E-state index contributed by atoms with van der Waals surface area (Å²) in [6.07, 6.45) is -0.662. The van der Waals surface area contributed by atoms with E-state index < -0.39 is 18.0 Å². The van der Waals surface area contributed by atoms with Gasteiger partial charge in [-0.05, 0) is 40.3 Å². The van der Waals surface area contributed by atoms with E-state index in [0.717, 1.165) is 22.3 Å². The van der Waals surface area contributed by atoms with Crippen molar-refractivity contribution in [3.05, 3.63) is 83.6 Å². The number of anilines is 1. The minimum Gasteiger partial charge on any atom is -0.481 e. The number of pyridine rings is 1. The molecule has 2 atom stereocenters. The summed E-state index contributed by atoms with van der Waals surface area (Å²) >= 11 is 0. The van der Waals surface area contributed by atoms with Crippen LogP contribution in [-0.4, -0.2) is 52.7 Å². The number of hydrogen-bond donors (Lipinski definition) is 2. The van der Waals surface area contributed by atoms with E-state index in [1.807, 2.05) is 43.3 Å². The monoisotopic (exact) mass is 471 g/mol. The highest BCUT2D eigenvalue weighted by molar-refractivity contribution is 5.94. The standard InChI is InChI=1S/C27H25N3O5/c1-16-13-30(14-21(16)26(32)33)25(31)23-11-6-12-24(28-23)29-27(34)35-15-22-19-9-4-2-7-17(19)18-8-3-5-10-20(18)22/h2-12,16,21-22H,13-15H2,1H3,(H,32,33)(H,28,29,34). The second kappa shape index (κ2) is 9.21. The van der Waals surface area contributed by atoms with Gasteiger partial charge in [0.15, 0.2) is 0 Å². The van der Waals surface area contributed by atoms with Crippen LogP contribution < -0.4 is 5.32 Å². The predicted octanol–water partition coefficient (Wildman–Crippen LogP) is 4.24. The molecule has 178 valence electrons. The first kappa shape index (κ1) is 22.6. The Balaban J connectivity index is 1.24. The summed E-state index contributed by atoms with van der Waals surface area (Å²) in [6, 6.07) is 20.9. The predicted molar refractivity (Wildman–Crippen MR) is 129 cm³/mol. The third kappa shape index (κ3) is 4.35. The van der Waals surface area contributed by atoms with Crippen molar-refractivity contribution in [2.45, 2.75) is 12.8 Å². The molecule has 1 aliphatic heterocycles. The molecule has 0 radical (unpaired) electrons. The lowest BCUT2D eigenvalue weighted by Crippen LogP contribution is -2.30. The van der Waals surface area contributed by atoms with Crippen molar-refractivity contribution in [1.82, 2.24) is 9.88 Å². The molecule has 8 heteroatoms. The van der Waals surface area contributed by atoms with E-state index in [1.165, 1.54) is 4.90 Å². The van der Waals surface area contributed by atoms with Crippen molar-refractivity contribution >= 4 is 23.8 Å². The largest absolute Gasteiger partial charge is 0.481 e. The van der Waals surface area contributed by atoms with E-state index >= 15 is 0 Å². The number of carbonyl (C=O) groups excluding carboxylic acids is 2. The summed E-state index contributed by atoms with van der Waals surface area (Å²) in [7, 11) is 0. The Labute approximate surface area is 202 Å². The van der Waals surface area contributed by atoms with E-state index in [0.29, 0.717) is 6.54 Å². The van der Waals surface area contributed by atoms with Crippen LogP contribution in [0.4, 0.5) is 10.6 Å². The van der Waals surface area contributed by atoms with Gasteiger partial charge in [-0.25, -0.2) is 9.78 Å². The summed E-state index contributed by atoms with van der Waals surface area (Å²) in [4.78, 5) is 42.5. The average Bonchev–Trinajstić information content (AvgIpc) is 3.41. The molecule has 0 saturated carbocycles. The van der Waals surface area contributed by atoms with Crippen LogP contribution in [0.25, 0.3) is 11.1 Å². The summed E-state index contributed by atoms with van der Waals surface area (Å²) in [5.74, 6) is -1.88. The van der Waals surface area contributed by atoms with Crippen LogP contribution in [-0.2, 0) is 9.53 Å². The molecule has 2 amide bonds. The van der Waals surface area contributed by atoms with Crippen LogP contribution >= 0.6 is 0 Å². The second-order valence-corrected chi connectivity index (χ2v) is 8.99. The number of amides is 2. The van der Waals surface area contributed by atoms with Crippen LogP contribution in [0.3, 0.4) is 0 Å². The van der Waals surface area contributed by atoms with Gasteiger partial charge in [0.2, 0.25) is 0 Å². The molecule has 2 heterocycles. The number of hydrogen-bond acceptors (Lipinski definition) is 5. The van der Waals surface area contributed by atoms with Gasteiger partial charge in [0.1, 0.15) is 18.1 Å². The van der Waals surface area contributed by atoms with Crippen LogP contribution in [0.15, 0.2) is 66.7 Å². The van der Waals surface area contributed by atoms with Gasteiger partial charge in [-0.3, -0.25) is 14.9 Å². The Morgan fingerprint density at radius 2 is 1.63 bits per heavy atom. The lowest BCUT2D eigenvalue weighted by atomic mass is 9.98. The Kier molecular flexibility index (Phi) is 5.94. The fourth-order valence-electron chi connectivity index (χ4n) is 4.98. The number of ether oxygens (including phenoxy) is 1. The van der Waals surface area contributed by atoms with Crippen LogP contribution in [0.2, 0.25) is 0 Å². The second-order valence-electron chi connectivity index (χ2n) is 8.99. The highest BCUT2D eigenvalue weighted by Crippen LogP contribution is 2.44. The lowest BCUT2D eigenvalue weighted by molar-refractivity contribution is -0.142. The molecule has 35 heavy (non-hydrogen) atoms. The molecule has 2 unspecified atom stereocenters. The van der Waals surface area contributed by atoms with Crippen molar-refractivity contribution in [3.8, 4) is 11.1 Å².